The molecule has 3 rings (SSSR count). The molecule has 2 aromatic rings. The van der Waals surface area contributed by atoms with Gasteiger partial charge < -0.3 is 20.1 Å². The molecule has 1 atom stereocenters. The molecule has 2 heterocycles. The lowest BCUT2D eigenvalue weighted by atomic mass is 10.00. The van der Waals surface area contributed by atoms with Gasteiger partial charge in [0.1, 0.15) is 0 Å². The van der Waals surface area contributed by atoms with Crippen LogP contribution in [0.4, 0.5) is 0 Å². The highest BCUT2D eigenvalue weighted by Gasteiger charge is 2.20. The summed E-state index contributed by atoms with van der Waals surface area (Å²) in [5.41, 5.74) is 1.27. The van der Waals surface area contributed by atoms with Crippen molar-refractivity contribution in [2.75, 3.05) is 33.2 Å². The van der Waals surface area contributed by atoms with Crippen molar-refractivity contribution in [3.05, 3.63) is 36.5 Å². The van der Waals surface area contributed by atoms with Gasteiger partial charge in [-0.3, -0.25) is 9.79 Å². The molecule has 6 heteroatoms. The molecule has 0 bridgehead atoms. The molecule has 0 spiro atoms. The van der Waals surface area contributed by atoms with Gasteiger partial charge in [-0.05, 0) is 42.7 Å². The lowest BCUT2D eigenvalue weighted by Gasteiger charge is -2.31. The van der Waals surface area contributed by atoms with Gasteiger partial charge >= 0.3 is 0 Å². The van der Waals surface area contributed by atoms with Crippen molar-refractivity contribution in [2.24, 2.45) is 10.9 Å². The van der Waals surface area contributed by atoms with Crippen molar-refractivity contribution >= 4 is 22.8 Å². The summed E-state index contributed by atoms with van der Waals surface area (Å²) in [5, 5.41) is 7.88. The number of para-hydroxylation sites is 1. The maximum atomic E-state index is 12.3. The normalized spacial score (nSPS) is 17.7. The molecular formula is C22H33N5O. The molecule has 1 aliphatic rings. The van der Waals surface area contributed by atoms with Crippen LogP contribution in [0.15, 0.2) is 41.5 Å². The Morgan fingerprint density at radius 3 is 2.86 bits per heavy atom. The zero-order chi connectivity index (χ0) is 19.8. The average Bonchev–Trinajstić information content (AvgIpc) is 3.13. The molecule has 1 unspecified atom stereocenters. The molecular weight excluding hydrogens is 350 g/mol. The van der Waals surface area contributed by atoms with Gasteiger partial charge in [-0.15, -0.1) is 0 Å². The van der Waals surface area contributed by atoms with Crippen molar-refractivity contribution in [3.63, 3.8) is 0 Å². The second-order valence-corrected chi connectivity index (χ2v) is 7.68. The van der Waals surface area contributed by atoms with Crippen LogP contribution in [-0.2, 0) is 11.3 Å². The maximum absolute atomic E-state index is 12.3. The predicted octanol–water partition coefficient (Wildman–Crippen LogP) is 2.85. The Morgan fingerprint density at radius 1 is 1.21 bits per heavy atom. The molecule has 6 nitrogen and oxygen atoms in total. The van der Waals surface area contributed by atoms with Gasteiger partial charge in [-0.2, -0.15) is 0 Å². The van der Waals surface area contributed by atoms with E-state index in [4.69, 9.17) is 0 Å². The number of nitrogens with zero attached hydrogens (tertiary/aromatic N) is 3. The van der Waals surface area contributed by atoms with Crippen molar-refractivity contribution in [1.82, 2.24) is 20.1 Å². The maximum Gasteiger partial charge on any atom is 0.224 e. The predicted molar refractivity (Wildman–Crippen MR) is 116 cm³/mol. The summed E-state index contributed by atoms with van der Waals surface area (Å²) in [6.07, 6.45) is 6.02. The SMILES string of the molecule is CN=C(NCCCn1ccc2ccccc21)NCCC(=O)N1CCCC(C)C1. The summed E-state index contributed by atoms with van der Waals surface area (Å²) >= 11 is 0. The third-order valence-corrected chi connectivity index (χ3v) is 5.41. The Bertz CT molecular complexity index is 797. The van der Waals surface area contributed by atoms with Gasteiger partial charge in [0.2, 0.25) is 5.91 Å². The fourth-order valence-corrected chi connectivity index (χ4v) is 3.87. The largest absolute Gasteiger partial charge is 0.356 e. The second-order valence-electron chi connectivity index (χ2n) is 7.68. The highest BCUT2D eigenvalue weighted by atomic mass is 16.2. The smallest absolute Gasteiger partial charge is 0.224 e. The number of aromatic nitrogens is 1. The van der Waals surface area contributed by atoms with E-state index >= 15 is 0 Å². The van der Waals surface area contributed by atoms with E-state index < -0.39 is 0 Å². The van der Waals surface area contributed by atoms with Gasteiger partial charge in [0.15, 0.2) is 5.96 Å². The first kappa shape index (κ1) is 20.2. The summed E-state index contributed by atoms with van der Waals surface area (Å²) in [6, 6.07) is 10.6. The minimum atomic E-state index is 0.244. The number of hydrogen-bond acceptors (Lipinski definition) is 2. The van der Waals surface area contributed by atoms with Crippen LogP contribution in [0.25, 0.3) is 10.9 Å². The van der Waals surface area contributed by atoms with Gasteiger partial charge in [0, 0.05) is 57.9 Å². The Kier molecular flexibility index (Phi) is 7.34. The highest BCUT2D eigenvalue weighted by Crippen LogP contribution is 2.16. The summed E-state index contributed by atoms with van der Waals surface area (Å²) in [7, 11) is 1.77. The van der Waals surface area contributed by atoms with Gasteiger partial charge in [0.25, 0.3) is 0 Å². The van der Waals surface area contributed by atoms with E-state index in [1.54, 1.807) is 7.05 Å². The summed E-state index contributed by atoms with van der Waals surface area (Å²) in [6.45, 7) is 6.45. The lowest BCUT2D eigenvalue weighted by Crippen LogP contribution is -2.42. The van der Waals surface area contributed by atoms with Crippen molar-refractivity contribution in [1.29, 1.82) is 0 Å². The van der Waals surface area contributed by atoms with Gasteiger partial charge in [-0.1, -0.05) is 25.1 Å². The first-order valence-corrected chi connectivity index (χ1v) is 10.4. The first-order valence-electron chi connectivity index (χ1n) is 10.4. The number of aryl methyl sites for hydroxylation is 1. The molecule has 1 fully saturated rings. The number of benzene rings is 1. The Balaban J connectivity index is 1.34. The Labute approximate surface area is 168 Å². The molecule has 1 aromatic carbocycles. The fourth-order valence-electron chi connectivity index (χ4n) is 3.87. The number of aliphatic imine (C=N–C) groups is 1. The number of fused-ring (bicyclic) bond motifs is 1. The zero-order valence-electron chi connectivity index (χ0n) is 17.2. The third kappa shape index (κ3) is 5.50. The van der Waals surface area contributed by atoms with E-state index in [9.17, 15) is 4.79 Å². The molecule has 1 aromatic heterocycles. The topological polar surface area (TPSA) is 61.7 Å². The number of carbonyl (C=O) groups excluding carboxylic acids is 1. The average molecular weight is 384 g/mol. The second kappa shape index (κ2) is 10.2. The summed E-state index contributed by atoms with van der Waals surface area (Å²) < 4.78 is 2.28. The van der Waals surface area contributed by atoms with E-state index in [2.05, 4.69) is 63.6 Å². The number of carbonyl (C=O) groups is 1. The van der Waals surface area contributed by atoms with Crippen LogP contribution >= 0.6 is 0 Å². The molecule has 0 aliphatic carbocycles. The lowest BCUT2D eigenvalue weighted by molar-refractivity contribution is -0.132. The van der Waals surface area contributed by atoms with Crippen molar-refractivity contribution < 1.29 is 4.79 Å². The van der Waals surface area contributed by atoms with Crippen LogP contribution < -0.4 is 10.6 Å². The molecule has 152 valence electrons. The van der Waals surface area contributed by atoms with E-state index in [0.717, 1.165) is 45.0 Å². The number of hydrogen-bond donors (Lipinski definition) is 2. The minimum Gasteiger partial charge on any atom is -0.356 e. The molecule has 1 saturated heterocycles. The monoisotopic (exact) mass is 383 g/mol. The van der Waals surface area contributed by atoms with Crippen LogP contribution in [0.2, 0.25) is 0 Å². The van der Waals surface area contributed by atoms with Crippen LogP contribution in [-0.4, -0.2) is 54.6 Å². The number of nitrogens with one attached hydrogen (secondary N) is 2. The third-order valence-electron chi connectivity index (χ3n) is 5.41. The quantitative estimate of drug-likeness (QED) is 0.439. The molecule has 0 radical (unpaired) electrons. The van der Waals surface area contributed by atoms with Crippen LogP contribution in [0.5, 0.6) is 0 Å². The van der Waals surface area contributed by atoms with Crippen molar-refractivity contribution in [3.8, 4) is 0 Å². The summed E-state index contributed by atoms with van der Waals surface area (Å²) in [4.78, 5) is 18.6. The van der Waals surface area contributed by atoms with Crippen LogP contribution in [0, 0.1) is 5.92 Å². The fraction of sp³-hybridized carbons (Fsp3) is 0.545. The van der Waals surface area contributed by atoms with Crippen LogP contribution in [0.3, 0.4) is 0 Å². The highest BCUT2D eigenvalue weighted by molar-refractivity contribution is 5.81. The molecule has 28 heavy (non-hydrogen) atoms. The van der Waals surface area contributed by atoms with Crippen molar-refractivity contribution in [2.45, 2.75) is 39.2 Å². The number of amides is 1. The van der Waals surface area contributed by atoms with E-state index in [1.807, 2.05) is 4.90 Å². The summed E-state index contributed by atoms with van der Waals surface area (Å²) in [5.74, 6) is 1.63. The standard InChI is InChI=1S/C22H33N5O/c1-18-7-5-14-27(17-18)21(28)10-13-25-22(23-2)24-12-6-15-26-16-11-19-8-3-4-9-20(19)26/h3-4,8-9,11,16,18H,5-7,10,12-15,17H2,1-2H3,(H2,23,24,25). The first-order chi connectivity index (χ1) is 13.7. The molecule has 0 saturated carbocycles. The van der Waals surface area contributed by atoms with E-state index in [1.165, 1.54) is 17.3 Å². The van der Waals surface area contributed by atoms with Crippen LogP contribution in [0.1, 0.15) is 32.6 Å². The molecule has 2 N–H and O–H groups in total. The molecule has 1 amide bonds. The number of guanidine groups is 1. The molecule has 1 aliphatic heterocycles. The minimum absolute atomic E-state index is 0.244. The Hall–Kier alpha value is -2.50. The zero-order valence-corrected chi connectivity index (χ0v) is 17.2. The van der Waals surface area contributed by atoms with E-state index in [-0.39, 0.29) is 5.91 Å². The number of rotatable bonds is 7. The van der Waals surface area contributed by atoms with Gasteiger partial charge in [-0.25, -0.2) is 0 Å². The number of piperidine rings is 1. The number of likely N-dealkylation sites (tertiary alicyclic amines) is 1. The van der Waals surface area contributed by atoms with E-state index in [0.29, 0.717) is 18.9 Å². The Morgan fingerprint density at radius 2 is 2.04 bits per heavy atom. The van der Waals surface area contributed by atoms with Gasteiger partial charge in [0.05, 0.1) is 0 Å².